The van der Waals surface area contributed by atoms with E-state index < -0.39 is 11.9 Å². The van der Waals surface area contributed by atoms with Gasteiger partial charge >= 0.3 is 6.18 Å². The number of aromatic nitrogens is 4. The van der Waals surface area contributed by atoms with Crippen molar-refractivity contribution in [2.45, 2.75) is 19.0 Å². The zero-order valence-electron chi connectivity index (χ0n) is 12.3. The molecule has 2 heterocycles. The Labute approximate surface area is 138 Å². The second-order valence-electron chi connectivity index (χ2n) is 5.01. The molecule has 24 heavy (non-hydrogen) atoms. The number of halogens is 3. The van der Waals surface area contributed by atoms with Crippen LogP contribution in [0, 0.1) is 0 Å². The van der Waals surface area contributed by atoms with Gasteiger partial charge < -0.3 is 10.5 Å². The minimum Gasteiger partial charge on any atom is -0.410 e. The van der Waals surface area contributed by atoms with E-state index in [9.17, 15) is 18.4 Å². The van der Waals surface area contributed by atoms with Gasteiger partial charge in [0.15, 0.2) is 16.6 Å². The van der Waals surface area contributed by atoms with Crippen LogP contribution < -0.4 is 5.32 Å². The van der Waals surface area contributed by atoms with Crippen LogP contribution >= 0.6 is 11.3 Å². The predicted molar refractivity (Wildman–Crippen MR) is 81.6 cm³/mol. The van der Waals surface area contributed by atoms with Crippen LogP contribution in [0.2, 0.25) is 0 Å². The highest BCUT2D eigenvalue weighted by atomic mass is 32.1. The van der Waals surface area contributed by atoms with E-state index in [1.54, 1.807) is 24.3 Å². The first kappa shape index (κ1) is 16.2. The summed E-state index contributed by atoms with van der Waals surface area (Å²) in [5, 5.41) is 17.1. The van der Waals surface area contributed by atoms with Crippen molar-refractivity contribution in [1.82, 2.24) is 19.9 Å². The SMILES string of the molecule is C[C@H](c1ccc(Nc2nc(C(F)(F)F)cs2)cc1)c1ncnn1O. The first-order valence-corrected chi connectivity index (χ1v) is 7.71. The summed E-state index contributed by atoms with van der Waals surface area (Å²) in [6.45, 7) is 1.86. The summed E-state index contributed by atoms with van der Waals surface area (Å²) < 4.78 is 37.6. The fraction of sp³-hybridized carbons (Fsp3) is 0.214. The Bertz CT molecular complexity index is 828. The van der Waals surface area contributed by atoms with E-state index in [1.807, 2.05) is 6.92 Å². The van der Waals surface area contributed by atoms with Gasteiger partial charge in [0.1, 0.15) is 6.33 Å². The first-order valence-electron chi connectivity index (χ1n) is 6.83. The second kappa shape index (κ2) is 6.11. The van der Waals surface area contributed by atoms with E-state index in [-0.39, 0.29) is 11.0 Å². The summed E-state index contributed by atoms with van der Waals surface area (Å²) in [6.07, 6.45) is -3.20. The van der Waals surface area contributed by atoms with E-state index >= 15 is 0 Å². The molecule has 0 saturated carbocycles. The number of rotatable bonds is 4. The number of hydrogen-bond acceptors (Lipinski definition) is 6. The molecule has 0 bridgehead atoms. The molecule has 0 aliphatic rings. The average Bonchev–Trinajstić information content (AvgIpc) is 3.16. The third kappa shape index (κ3) is 3.32. The third-order valence-corrected chi connectivity index (χ3v) is 4.16. The van der Waals surface area contributed by atoms with Crippen molar-refractivity contribution in [2.24, 2.45) is 0 Å². The van der Waals surface area contributed by atoms with Crippen molar-refractivity contribution >= 4 is 22.2 Å². The Hall–Kier alpha value is -2.62. The summed E-state index contributed by atoms with van der Waals surface area (Å²) in [5.74, 6) is 0.202. The van der Waals surface area contributed by atoms with Gasteiger partial charge in [-0.2, -0.15) is 13.2 Å². The molecule has 0 unspecified atom stereocenters. The van der Waals surface area contributed by atoms with Crippen LogP contribution in [0.25, 0.3) is 0 Å². The summed E-state index contributed by atoms with van der Waals surface area (Å²) in [4.78, 5) is 8.21. The van der Waals surface area contributed by atoms with Crippen molar-refractivity contribution in [2.75, 3.05) is 5.32 Å². The van der Waals surface area contributed by atoms with E-state index in [0.717, 1.165) is 22.3 Å². The Morgan fingerprint density at radius 3 is 2.50 bits per heavy atom. The van der Waals surface area contributed by atoms with Crippen molar-refractivity contribution in [1.29, 1.82) is 0 Å². The van der Waals surface area contributed by atoms with Gasteiger partial charge in [-0.25, -0.2) is 9.97 Å². The minimum atomic E-state index is -4.45. The summed E-state index contributed by atoms with van der Waals surface area (Å²) >= 11 is 0.885. The maximum Gasteiger partial charge on any atom is 0.434 e. The molecule has 2 N–H and O–H groups in total. The van der Waals surface area contributed by atoms with Crippen molar-refractivity contribution in [3.8, 4) is 0 Å². The van der Waals surface area contributed by atoms with Gasteiger partial charge in [-0.15, -0.1) is 16.4 Å². The molecule has 0 radical (unpaired) electrons. The predicted octanol–water partition coefficient (Wildman–Crippen LogP) is 3.89. The Balaban J connectivity index is 1.73. The molecule has 0 aliphatic carbocycles. The zero-order chi connectivity index (χ0) is 17.3. The molecule has 1 atom stereocenters. The van der Waals surface area contributed by atoms with Gasteiger partial charge in [0, 0.05) is 17.0 Å². The maximum absolute atomic E-state index is 12.5. The van der Waals surface area contributed by atoms with E-state index in [2.05, 4.69) is 20.4 Å². The summed E-state index contributed by atoms with van der Waals surface area (Å²) in [6, 6.07) is 7.02. The summed E-state index contributed by atoms with van der Waals surface area (Å²) in [7, 11) is 0. The van der Waals surface area contributed by atoms with Crippen molar-refractivity contribution in [3.05, 3.63) is 53.1 Å². The number of alkyl halides is 3. The number of anilines is 2. The van der Waals surface area contributed by atoms with Gasteiger partial charge in [0.25, 0.3) is 0 Å². The standard InChI is InChI=1S/C14H12F3N5OS/c1-8(12-18-7-19-22(12)23)9-2-4-10(5-3-9)20-13-21-11(6-24-13)14(15,16)17/h2-8,23H,1H3,(H,20,21)/t8-/m1/s1. The highest BCUT2D eigenvalue weighted by Gasteiger charge is 2.33. The fourth-order valence-electron chi connectivity index (χ4n) is 2.12. The molecular weight excluding hydrogens is 343 g/mol. The minimum absolute atomic E-state index is 0.165. The van der Waals surface area contributed by atoms with Crippen LogP contribution in [0.1, 0.15) is 29.9 Å². The average molecular weight is 355 g/mol. The van der Waals surface area contributed by atoms with Crippen LogP contribution in [0.5, 0.6) is 0 Å². The topological polar surface area (TPSA) is 75.9 Å². The van der Waals surface area contributed by atoms with Gasteiger partial charge in [-0.1, -0.05) is 23.9 Å². The molecule has 1 aromatic carbocycles. The lowest BCUT2D eigenvalue weighted by Gasteiger charge is -2.11. The molecule has 0 saturated heterocycles. The maximum atomic E-state index is 12.5. The Kier molecular flexibility index (Phi) is 4.14. The van der Waals surface area contributed by atoms with Crippen LogP contribution in [-0.2, 0) is 6.18 Å². The quantitative estimate of drug-likeness (QED) is 0.695. The zero-order valence-corrected chi connectivity index (χ0v) is 13.1. The second-order valence-corrected chi connectivity index (χ2v) is 5.87. The first-order chi connectivity index (χ1) is 11.3. The largest absolute Gasteiger partial charge is 0.434 e. The molecule has 3 aromatic rings. The van der Waals surface area contributed by atoms with Crippen LogP contribution in [-0.4, -0.2) is 25.1 Å². The third-order valence-electron chi connectivity index (χ3n) is 3.40. The van der Waals surface area contributed by atoms with Crippen molar-refractivity contribution in [3.63, 3.8) is 0 Å². The fourth-order valence-corrected chi connectivity index (χ4v) is 2.86. The summed E-state index contributed by atoms with van der Waals surface area (Å²) in [5.41, 5.74) is 0.570. The number of benzene rings is 1. The molecule has 0 spiro atoms. The van der Waals surface area contributed by atoms with Crippen LogP contribution in [0.3, 0.4) is 0 Å². The van der Waals surface area contributed by atoms with Crippen LogP contribution in [0.15, 0.2) is 36.0 Å². The van der Waals surface area contributed by atoms with E-state index in [1.165, 1.54) is 6.33 Å². The highest BCUT2D eigenvalue weighted by Crippen LogP contribution is 2.33. The number of nitrogens with zero attached hydrogens (tertiary/aromatic N) is 4. The van der Waals surface area contributed by atoms with Crippen molar-refractivity contribution < 1.29 is 18.4 Å². The molecule has 3 rings (SSSR count). The Morgan fingerprint density at radius 1 is 1.25 bits per heavy atom. The molecule has 126 valence electrons. The molecule has 0 aliphatic heterocycles. The molecule has 0 amide bonds. The van der Waals surface area contributed by atoms with Gasteiger partial charge in [-0.3, -0.25) is 0 Å². The molecule has 2 aromatic heterocycles. The smallest absolute Gasteiger partial charge is 0.410 e. The highest BCUT2D eigenvalue weighted by molar-refractivity contribution is 7.13. The van der Waals surface area contributed by atoms with Crippen LogP contribution in [0.4, 0.5) is 24.0 Å². The van der Waals surface area contributed by atoms with Gasteiger partial charge in [0.2, 0.25) is 0 Å². The lowest BCUT2D eigenvalue weighted by Crippen LogP contribution is -2.06. The lowest BCUT2D eigenvalue weighted by molar-refractivity contribution is -0.140. The van der Waals surface area contributed by atoms with E-state index in [0.29, 0.717) is 16.4 Å². The number of nitrogens with one attached hydrogen (secondary N) is 1. The molecule has 10 heteroatoms. The lowest BCUT2D eigenvalue weighted by atomic mass is 10.0. The van der Waals surface area contributed by atoms with Gasteiger partial charge in [-0.05, 0) is 17.7 Å². The number of thiazole rings is 1. The normalized spacial score (nSPS) is 13.0. The van der Waals surface area contributed by atoms with E-state index in [4.69, 9.17) is 0 Å². The Morgan fingerprint density at radius 2 is 1.96 bits per heavy atom. The monoisotopic (exact) mass is 355 g/mol. The molecule has 0 fully saturated rings. The molecule has 6 nitrogen and oxygen atoms in total. The van der Waals surface area contributed by atoms with Gasteiger partial charge in [0.05, 0.1) is 0 Å². The number of hydrogen-bond donors (Lipinski definition) is 2. The molecular formula is C14H12F3N5OS.